The summed E-state index contributed by atoms with van der Waals surface area (Å²) in [6.45, 7) is 18.4. The van der Waals surface area contributed by atoms with Crippen molar-refractivity contribution >= 4 is 83.7 Å². The van der Waals surface area contributed by atoms with E-state index in [1.807, 2.05) is 12.4 Å². The first-order chi connectivity index (χ1) is 38.1. The standard InChI is InChI=1S/C71H64N7/c1-45(2)55-27-19-28-56(46(3)4)67(55)77-69-70(73-42-41-72-69)78(68-57(47(5)6)29-20-30-58(68)48(7)8)71(77)49-33-35-52(36-34-49)74(53-37-39-65-61(43-53)59-25-15-17-31-63(59)75(65)50-21-11-9-12-22-50)54-38-40-66-62(44-54)60-26-16-18-32-64(60)76(66)51-23-13-10-14-24-51/h9-48H,1-8H3. The lowest BCUT2D eigenvalue weighted by molar-refractivity contribution is 0.805. The van der Waals surface area contributed by atoms with Crippen LogP contribution in [-0.2, 0) is 0 Å². The second kappa shape index (κ2) is 19.6. The lowest BCUT2D eigenvalue weighted by atomic mass is 9.90. The summed E-state index contributed by atoms with van der Waals surface area (Å²) in [7, 11) is 0. The molecule has 0 bridgehead atoms. The van der Waals surface area contributed by atoms with Gasteiger partial charge in [-0.25, -0.2) is 9.97 Å². The molecule has 0 fully saturated rings. The van der Waals surface area contributed by atoms with Gasteiger partial charge < -0.3 is 14.0 Å². The van der Waals surface area contributed by atoms with Gasteiger partial charge in [-0.05, 0) is 131 Å². The third kappa shape index (κ3) is 7.93. The molecule has 12 aromatic rings. The Morgan fingerprint density at radius 3 is 1.09 bits per heavy atom. The average Bonchev–Trinajstić information content (AvgIpc) is 4.21. The van der Waals surface area contributed by atoms with E-state index < -0.39 is 0 Å². The van der Waals surface area contributed by atoms with Crippen LogP contribution in [0.25, 0.3) is 55.0 Å². The van der Waals surface area contributed by atoms with Crippen molar-refractivity contribution in [2.75, 3.05) is 14.7 Å². The maximum absolute atomic E-state index is 5.27. The summed E-state index contributed by atoms with van der Waals surface area (Å²) in [6.07, 6.45) is 4.71. The zero-order valence-corrected chi connectivity index (χ0v) is 45.7. The van der Waals surface area contributed by atoms with Crippen LogP contribution in [0.3, 0.4) is 0 Å². The molecule has 0 amide bonds. The van der Waals surface area contributed by atoms with Crippen LogP contribution in [0, 0.1) is 6.17 Å². The van der Waals surface area contributed by atoms with Gasteiger partial charge in [0.2, 0.25) is 0 Å². The van der Waals surface area contributed by atoms with Gasteiger partial charge in [0.15, 0.2) is 17.8 Å². The predicted octanol–water partition coefficient (Wildman–Crippen LogP) is 19.5. The smallest absolute Gasteiger partial charge is 0.199 e. The third-order valence-corrected chi connectivity index (χ3v) is 15.9. The predicted molar refractivity (Wildman–Crippen MR) is 328 cm³/mol. The van der Waals surface area contributed by atoms with Crippen LogP contribution in [-0.4, -0.2) is 19.1 Å². The average molecular weight is 1020 g/mol. The van der Waals surface area contributed by atoms with Crippen LogP contribution in [0.2, 0.25) is 0 Å². The fourth-order valence-electron chi connectivity index (χ4n) is 12.3. The van der Waals surface area contributed by atoms with E-state index in [0.29, 0.717) is 0 Å². The van der Waals surface area contributed by atoms with E-state index in [1.54, 1.807) is 0 Å². The summed E-state index contributed by atoms with van der Waals surface area (Å²) in [5.74, 6) is 2.64. The second-order valence-corrected chi connectivity index (χ2v) is 22.0. The first-order valence-electron chi connectivity index (χ1n) is 27.7. The third-order valence-electron chi connectivity index (χ3n) is 15.9. The molecule has 0 unspecified atom stereocenters. The summed E-state index contributed by atoms with van der Waals surface area (Å²) in [4.78, 5) is 17.9. The molecule has 0 N–H and O–H groups in total. The van der Waals surface area contributed by atoms with Gasteiger partial charge in [-0.15, -0.1) is 0 Å². The highest BCUT2D eigenvalue weighted by Crippen LogP contribution is 2.56. The minimum atomic E-state index is 0.248. The van der Waals surface area contributed by atoms with E-state index in [4.69, 9.17) is 9.97 Å². The quantitative estimate of drug-likeness (QED) is 0.122. The molecule has 1 aliphatic rings. The number of fused-ring (bicyclic) bond motifs is 7. The summed E-state index contributed by atoms with van der Waals surface area (Å²) < 4.78 is 4.78. The van der Waals surface area contributed by atoms with Gasteiger partial charge in [0.25, 0.3) is 0 Å². The monoisotopic (exact) mass is 1010 g/mol. The molecule has 383 valence electrons. The molecule has 1 radical (unpaired) electrons. The van der Waals surface area contributed by atoms with Crippen LogP contribution in [0.15, 0.2) is 219 Å². The maximum Gasteiger partial charge on any atom is 0.199 e. The number of anilines is 7. The Morgan fingerprint density at radius 1 is 0.333 bits per heavy atom. The van der Waals surface area contributed by atoms with Crippen molar-refractivity contribution < 1.29 is 0 Å². The topological polar surface area (TPSA) is 45.4 Å². The fourth-order valence-corrected chi connectivity index (χ4v) is 12.3. The van der Waals surface area contributed by atoms with Crippen molar-refractivity contribution in [3.63, 3.8) is 0 Å². The molecule has 0 atom stereocenters. The van der Waals surface area contributed by atoms with Gasteiger partial charge in [0.05, 0.1) is 33.4 Å². The van der Waals surface area contributed by atoms with Gasteiger partial charge >= 0.3 is 0 Å². The summed E-state index contributed by atoms with van der Waals surface area (Å²) in [5.41, 5.74) is 18.6. The molecule has 0 aliphatic carbocycles. The Hall–Kier alpha value is -8.94. The number of benzene rings is 9. The minimum absolute atomic E-state index is 0.248. The number of hydrogen-bond acceptors (Lipinski definition) is 5. The first kappa shape index (κ1) is 48.7. The molecule has 0 saturated heterocycles. The van der Waals surface area contributed by atoms with Crippen LogP contribution < -0.4 is 14.7 Å². The summed E-state index contributed by atoms with van der Waals surface area (Å²) in [5, 5.41) is 4.80. The van der Waals surface area contributed by atoms with E-state index in [9.17, 15) is 0 Å². The zero-order valence-electron chi connectivity index (χ0n) is 45.7. The highest BCUT2D eigenvalue weighted by atomic mass is 15.5. The number of nitrogens with zero attached hydrogens (tertiary/aromatic N) is 7. The molecule has 7 heteroatoms. The van der Waals surface area contributed by atoms with Crippen LogP contribution in [0.5, 0.6) is 0 Å². The molecular weight excluding hydrogens is 951 g/mol. The van der Waals surface area contributed by atoms with Crippen molar-refractivity contribution in [3.05, 3.63) is 253 Å². The fraction of sp³-hybridized carbons (Fsp3) is 0.169. The van der Waals surface area contributed by atoms with Gasteiger partial charge in [-0.3, -0.25) is 9.80 Å². The summed E-state index contributed by atoms with van der Waals surface area (Å²) >= 11 is 0. The van der Waals surface area contributed by atoms with Gasteiger partial charge in [0, 0.05) is 67.9 Å². The highest BCUT2D eigenvalue weighted by molar-refractivity contribution is 6.12. The summed E-state index contributed by atoms with van der Waals surface area (Å²) in [6, 6.07) is 75.9. The first-order valence-corrected chi connectivity index (χ1v) is 27.7. The Labute approximate surface area is 458 Å². The van der Waals surface area contributed by atoms with Crippen LogP contribution in [0.1, 0.15) is 107 Å². The molecule has 4 heterocycles. The molecule has 1 aliphatic heterocycles. The lowest BCUT2D eigenvalue weighted by Gasteiger charge is -2.37. The molecule has 7 nitrogen and oxygen atoms in total. The van der Waals surface area contributed by atoms with Crippen molar-refractivity contribution in [3.8, 4) is 11.4 Å². The Kier molecular flexibility index (Phi) is 12.2. The Morgan fingerprint density at radius 2 is 0.692 bits per heavy atom. The molecule has 9 aromatic carbocycles. The van der Waals surface area contributed by atoms with E-state index in [0.717, 1.165) is 62.8 Å². The zero-order chi connectivity index (χ0) is 53.3. The molecular formula is C71H64N7. The van der Waals surface area contributed by atoms with Crippen molar-refractivity contribution in [1.82, 2.24) is 19.1 Å². The highest BCUT2D eigenvalue weighted by Gasteiger charge is 2.46. The molecule has 78 heavy (non-hydrogen) atoms. The van der Waals surface area contributed by atoms with Gasteiger partial charge in [0.1, 0.15) is 0 Å². The maximum atomic E-state index is 5.27. The van der Waals surface area contributed by atoms with E-state index in [1.165, 1.54) is 66.2 Å². The molecule has 13 rings (SSSR count). The van der Waals surface area contributed by atoms with Crippen molar-refractivity contribution in [1.29, 1.82) is 0 Å². The number of para-hydroxylation sites is 6. The number of hydrogen-bond donors (Lipinski definition) is 0. The number of aromatic nitrogens is 4. The van der Waals surface area contributed by atoms with E-state index in [-0.39, 0.29) is 23.7 Å². The molecule has 3 aromatic heterocycles. The minimum Gasteiger partial charge on any atom is -0.310 e. The lowest BCUT2D eigenvalue weighted by Crippen LogP contribution is -2.34. The van der Waals surface area contributed by atoms with Gasteiger partial charge in [-0.2, -0.15) is 0 Å². The van der Waals surface area contributed by atoms with Crippen molar-refractivity contribution in [2.45, 2.75) is 79.1 Å². The molecule has 0 spiro atoms. The Balaban J connectivity index is 1.05. The SMILES string of the molecule is CC(C)c1cccc(C(C)C)c1N1[C](c2ccc(N(c3ccc4c(c3)c3ccccc3n4-c3ccccc3)c3ccc4c(c3)c3ccccc3n4-c3ccccc3)cc2)N(c2c(C(C)C)cccc2C(C)C)c2nccnc21. The van der Waals surface area contributed by atoms with E-state index >= 15 is 0 Å². The number of rotatable bonds is 12. The van der Waals surface area contributed by atoms with Crippen molar-refractivity contribution in [2.24, 2.45) is 0 Å². The van der Waals surface area contributed by atoms with E-state index in [2.05, 4.69) is 285 Å². The van der Waals surface area contributed by atoms with Gasteiger partial charge in [-0.1, -0.05) is 177 Å². The Bertz CT molecular complexity index is 3890. The van der Waals surface area contributed by atoms with Crippen LogP contribution >= 0.6 is 0 Å². The molecule has 0 saturated carbocycles. The second-order valence-electron chi connectivity index (χ2n) is 22.0. The largest absolute Gasteiger partial charge is 0.310 e. The normalized spacial score (nSPS) is 13.0. The van der Waals surface area contributed by atoms with Crippen LogP contribution in [0.4, 0.5) is 40.1 Å².